The van der Waals surface area contributed by atoms with Crippen LogP contribution in [0.4, 0.5) is 0 Å². The van der Waals surface area contributed by atoms with Crippen molar-refractivity contribution in [2.75, 3.05) is 6.54 Å². The summed E-state index contributed by atoms with van der Waals surface area (Å²) in [5.41, 5.74) is 4.67. The average Bonchev–Trinajstić information content (AvgIpc) is 3.58. The Labute approximate surface area is 205 Å². The highest BCUT2D eigenvalue weighted by molar-refractivity contribution is 5.56. The first kappa shape index (κ1) is 21.9. The highest BCUT2D eigenvalue weighted by Gasteiger charge is 2.30. The number of aromatic nitrogens is 5. The summed E-state index contributed by atoms with van der Waals surface area (Å²) in [5.74, 6) is 2.75. The van der Waals surface area contributed by atoms with Crippen LogP contribution in [0.3, 0.4) is 0 Å². The van der Waals surface area contributed by atoms with Crippen molar-refractivity contribution >= 4 is 0 Å². The van der Waals surface area contributed by atoms with Crippen LogP contribution in [0.25, 0.3) is 11.4 Å². The van der Waals surface area contributed by atoms with Gasteiger partial charge in [-0.2, -0.15) is 0 Å². The van der Waals surface area contributed by atoms with Crippen molar-refractivity contribution in [3.05, 3.63) is 89.7 Å². The van der Waals surface area contributed by atoms with Crippen LogP contribution in [0.2, 0.25) is 0 Å². The van der Waals surface area contributed by atoms with Crippen molar-refractivity contribution in [2.45, 2.75) is 50.8 Å². The molecule has 2 fully saturated rings. The summed E-state index contributed by atoms with van der Waals surface area (Å²) in [6, 6.07) is 23.3. The van der Waals surface area contributed by atoms with E-state index in [0.717, 1.165) is 42.2 Å². The van der Waals surface area contributed by atoms with Gasteiger partial charge >= 0.3 is 0 Å². The van der Waals surface area contributed by atoms with E-state index in [0.29, 0.717) is 18.4 Å². The highest BCUT2D eigenvalue weighted by atomic mass is 16.5. The minimum Gasteiger partial charge on any atom is -0.487 e. The quantitative estimate of drug-likeness (QED) is 0.388. The van der Waals surface area contributed by atoms with Gasteiger partial charge in [-0.3, -0.25) is 10.3 Å². The molecule has 0 bridgehead atoms. The SMILES string of the molecule is c1ccc(COc2ccc(C(c3ccc(-c4nnnn4C4CCCN4)cc3)C3CCC3)cc2)nc1. The number of pyridine rings is 1. The van der Waals surface area contributed by atoms with E-state index < -0.39 is 0 Å². The molecule has 6 rings (SSSR count). The first-order chi connectivity index (χ1) is 17.3. The smallest absolute Gasteiger partial charge is 0.183 e. The molecule has 2 atom stereocenters. The Morgan fingerprint density at radius 2 is 1.71 bits per heavy atom. The Hall–Kier alpha value is -3.58. The minimum atomic E-state index is 0.181. The maximum absolute atomic E-state index is 5.95. The highest BCUT2D eigenvalue weighted by Crippen LogP contribution is 2.44. The van der Waals surface area contributed by atoms with E-state index in [1.54, 1.807) is 6.20 Å². The van der Waals surface area contributed by atoms with Crippen molar-refractivity contribution in [3.8, 4) is 17.1 Å². The summed E-state index contributed by atoms with van der Waals surface area (Å²) in [7, 11) is 0. The molecule has 2 aromatic carbocycles. The molecule has 2 aliphatic rings. The number of tetrazole rings is 1. The molecule has 178 valence electrons. The van der Waals surface area contributed by atoms with Crippen molar-refractivity contribution < 1.29 is 4.74 Å². The monoisotopic (exact) mass is 466 g/mol. The predicted molar refractivity (Wildman–Crippen MR) is 134 cm³/mol. The van der Waals surface area contributed by atoms with Gasteiger partial charge < -0.3 is 4.74 Å². The van der Waals surface area contributed by atoms with Crippen molar-refractivity contribution in [1.82, 2.24) is 30.5 Å². The summed E-state index contributed by atoms with van der Waals surface area (Å²) in [6.07, 6.45) is 8.04. The fourth-order valence-corrected chi connectivity index (χ4v) is 5.23. The van der Waals surface area contributed by atoms with Crippen LogP contribution in [-0.2, 0) is 6.61 Å². The zero-order chi connectivity index (χ0) is 23.5. The van der Waals surface area contributed by atoms with E-state index in [-0.39, 0.29) is 6.17 Å². The lowest BCUT2D eigenvalue weighted by Gasteiger charge is -2.34. The largest absolute Gasteiger partial charge is 0.487 e. The van der Waals surface area contributed by atoms with E-state index in [1.165, 1.54) is 30.4 Å². The van der Waals surface area contributed by atoms with E-state index in [4.69, 9.17) is 4.74 Å². The third-order valence-electron chi connectivity index (χ3n) is 7.32. The van der Waals surface area contributed by atoms with Gasteiger partial charge in [0.05, 0.1) is 5.69 Å². The average molecular weight is 467 g/mol. The van der Waals surface area contributed by atoms with Gasteiger partial charge in [-0.25, -0.2) is 4.68 Å². The summed E-state index contributed by atoms with van der Waals surface area (Å²) < 4.78 is 7.88. The van der Waals surface area contributed by atoms with Gasteiger partial charge in [0.15, 0.2) is 5.82 Å². The number of ether oxygens (including phenoxy) is 1. The third kappa shape index (κ3) is 4.68. The number of hydrogen-bond donors (Lipinski definition) is 1. The molecule has 1 aliphatic heterocycles. The lowest BCUT2D eigenvalue weighted by molar-refractivity contribution is 0.283. The Morgan fingerprint density at radius 1 is 0.914 bits per heavy atom. The number of hydrogen-bond acceptors (Lipinski definition) is 6. The number of rotatable bonds is 8. The molecule has 1 saturated carbocycles. The summed E-state index contributed by atoms with van der Waals surface area (Å²) in [5, 5.41) is 16.0. The van der Waals surface area contributed by atoms with Crippen molar-refractivity contribution in [2.24, 2.45) is 5.92 Å². The van der Waals surface area contributed by atoms with Gasteiger partial charge in [-0.1, -0.05) is 48.9 Å². The van der Waals surface area contributed by atoms with Crippen LogP contribution >= 0.6 is 0 Å². The van der Waals surface area contributed by atoms with Crippen LogP contribution in [0, 0.1) is 5.92 Å². The van der Waals surface area contributed by atoms with Crippen molar-refractivity contribution in [1.29, 1.82) is 0 Å². The summed E-state index contributed by atoms with van der Waals surface area (Å²) in [6.45, 7) is 1.49. The molecule has 1 saturated heterocycles. The van der Waals surface area contributed by atoms with E-state index in [2.05, 4.69) is 74.4 Å². The molecule has 7 heteroatoms. The molecule has 3 heterocycles. The molecule has 1 N–H and O–H groups in total. The van der Waals surface area contributed by atoms with E-state index in [9.17, 15) is 0 Å². The summed E-state index contributed by atoms with van der Waals surface area (Å²) in [4.78, 5) is 4.33. The second-order valence-electron chi connectivity index (χ2n) is 9.53. The molecule has 7 nitrogen and oxygen atoms in total. The van der Waals surface area contributed by atoms with Gasteiger partial charge in [-0.15, -0.1) is 5.10 Å². The fraction of sp³-hybridized carbons (Fsp3) is 0.357. The van der Waals surface area contributed by atoms with Gasteiger partial charge in [0.1, 0.15) is 18.5 Å². The first-order valence-corrected chi connectivity index (χ1v) is 12.6. The van der Waals surface area contributed by atoms with Gasteiger partial charge in [-0.05, 0) is 84.0 Å². The van der Waals surface area contributed by atoms with Crippen LogP contribution < -0.4 is 10.1 Å². The molecular formula is C28H30N6O. The summed E-state index contributed by atoms with van der Waals surface area (Å²) >= 11 is 0. The predicted octanol–water partition coefficient (Wildman–Crippen LogP) is 5.13. The fourth-order valence-electron chi connectivity index (χ4n) is 5.23. The van der Waals surface area contributed by atoms with Crippen LogP contribution in [0.5, 0.6) is 5.75 Å². The normalized spacial score (nSPS) is 18.8. The molecule has 1 aliphatic carbocycles. The molecule has 2 aromatic heterocycles. The lowest BCUT2D eigenvalue weighted by atomic mass is 9.70. The van der Waals surface area contributed by atoms with Gasteiger partial charge in [0.25, 0.3) is 0 Å². The van der Waals surface area contributed by atoms with E-state index in [1.807, 2.05) is 22.9 Å². The Kier molecular flexibility index (Phi) is 6.24. The molecule has 4 aromatic rings. The van der Waals surface area contributed by atoms with Crippen molar-refractivity contribution in [3.63, 3.8) is 0 Å². The molecule has 0 amide bonds. The topological polar surface area (TPSA) is 77.8 Å². The molecule has 2 unspecified atom stereocenters. The standard InChI is InChI=1S/C28H30N6O/c1-2-17-29-24(7-1)19-35-25-15-13-22(14-16-25)27(20-5-3-6-20)21-9-11-23(12-10-21)28-31-32-33-34(28)26-8-4-18-30-26/h1-2,7,9-17,20,26-27,30H,3-6,8,18-19H2. The number of benzene rings is 2. The maximum Gasteiger partial charge on any atom is 0.183 e. The zero-order valence-corrected chi connectivity index (χ0v) is 19.8. The zero-order valence-electron chi connectivity index (χ0n) is 19.8. The molecular weight excluding hydrogens is 436 g/mol. The second kappa shape index (κ2) is 9.96. The van der Waals surface area contributed by atoms with Crippen LogP contribution in [0.1, 0.15) is 61.0 Å². The Morgan fingerprint density at radius 3 is 2.37 bits per heavy atom. The van der Waals surface area contributed by atoms with Gasteiger partial charge in [0, 0.05) is 17.7 Å². The minimum absolute atomic E-state index is 0.181. The molecule has 0 spiro atoms. The Balaban J connectivity index is 1.20. The Bertz CT molecular complexity index is 1230. The third-order valence-corrected chi connectivity index (χ3v) is 7.32. The van der Waals surface area contributed by atoms with Gasteiger partial charge in [0.2, 0.25) is 0 Å². The first-order valence-electron chi connectivity index (χ1n) is 12.6. The van der Waals surface area contributed by atoms with Crippen LogP contribution in [-0.4, -0.2) is 31.7 Å². The maximum atomic E-state index is 5.95. The molecule has 0 radical (unpaired) electrons. The second-order valence-corrected chi connectivity index (χ2v) is 9.53. The van der Waals surface area contributed by atoms with E-state index >= 15 is 0 Å². The molecule has 35 heavy (non-hydrogen) atoms. The number of nitrogens with zero attached hydrogens (tertiary/aromatic N) is 5. The number of nitrogens with one attached hydrogen (secondary N) is 1. The van der Waals surface area contributed by atoms with Crippen LogP contribution in [0.15, 0.2) is 72.9 Å². The lowest BCUT2D eigenvalue weighted by Crippen LogP contribution is -2.22.